The highest BCUT2D eigenvalue weighted by Gasteiger charge is 2.68. The minimum Gasteiger partial charge on any atom is -0.479 e. The van der Waals surface area contributed by atoms with Gasteiger partial charge in [0, 0.05) is 0 Å². The van der Waals surface area contributed by atoms with Crippen molar-refractivity contribution >= 4 is 5.97 Å². The third kappa shape index (κ3) is 6.11. The second kappa shape index (κ2) is 13.6. The Balaban J connectivity index is 1.83. The number of aliphatic hydroxyl groups is 8. The molecule has 0 bridgehead atoms. The Morgan fingerprint density at radius 1 is 0.854 bits per heavy atom. The lowest BCUT2D eigenvalue weighted by molar-refractivity contribution is -0.373. The number of aliphatic hydroxyl groups excluding tert-OH is 7. The molecule has 0 aromatic rings. The minimum absolute atomic E-state index is 0.219. The number of hydrogen-bond donors (Lipinski definition) is 12. The molecule has 15 N–H and O–H groups in total. The Morgan fingerprint density at radius 2 is 1.39 bits per heavy atom. The maximum absolute atomic E-state index is 12.1. The van der Waals surface area contributed by atoms with Crippen molar-refractivity contribution < 1.29 is 74.4 Å². The predicted molar refractivity (Wildman–Crippen MR) is 132 cm³/mol. The highest BCUT2D eigenvalue weighted by atomic mass is 16.7. The summed E-state index contributed by atoms with van der Waals surface area (Å²) in [6.45, 7) is -0.777. The number of aliphatic carboxylic acids is 1. The van der Waals surface area contributed by atoms with E-state index in [4.69, 9.17) is 40.9 Å². The fourth-order valence-corrected chi connectivity index (χ4v) is 5.43. The zero-order valence-electron chi connectivity index (χ0n) is 22.5. The van der Waals surface area contributed by atoms with Gasteiger partial charge in [-0.2, -0.15) is 0 Å². The average Bonchev–Trinajstić information content (AvgIpc) is 2.95. The van der Waals surface area contributed by atoms with Gasteiger partial charge in [0.2, 0.25) is 5.60 Å². The van der Waals surface area contributed by atoms with Gasteiger partial charge in [-0.05, 0) is 6.42 Å². The van der Waals surface area contributed by atoms with Crippen LogP contribution in [0.3, 0.4) is 0 Å². The van der Waals surface area contributed by atoms with Gasteiger partial charge in [-0.25, -0.2) is 4.79 Å². The van der Waals surface area contributed by atoms with Gasteiger partial charge in [-0.1, -0.05) is 19.8 Å². The zero-order chi connectivity index (χ0) is 30.9. The first kappa shape index (κ1) is 34.3. The fraction of sp³-hybridized carbons (Fsp3) is 0.957. The average molecular weight is 602 g/mol. The summed E-state index contributed by atoms with van der Waals surface area (Å²) in [5, 5.41) is 92.8. The molecule has 2 unspecified atom stereocenters. The van der Waals surface area contributed by atoms with Crippen molar-refractivity contribution in [1.82, 2.24) is 0 Å². The van der Waals surface area contributed by atoms with Crippen LogP contribution in [0.25, 0.3) is 0 Å². The normalized spacial score (nSPS) is 49.1. The molecule has 41 heavy (non-hydrogen) atoms. The maximum Gasteiger partial charge on any atom is 0.341 e. The SMILES string of the molecule is CCCC[C@]1(CO)O[C@H](OC2[C@@H](CO)O[C@@H](OC3[C@@H](CO)O[C@@H](O)[C@H](N)[C@H]3O)[C@H](N)[C@H]2O)[C@H](N)[C@@H](O)[C@@]1(O)C(=O)O. The summed E-state index contributed by atoms with van der Waals surface area (Å²) in [7, 11) is 0. The largest absolute Gasteiger partial charge is 0.479 e. The van der Waals surface area contributed by atoms with E-state index in [0.29, 0.717) is 6.42 Å². The molecule has 0 spiro atoms. The van der Waals surface area contributed by atoms with E-state index in [-0.39, 0.29) is 12.8 Å². The summed E-state index contributed by atoms with van der Waals surface area (Å²) in [6.07, 6.45) is -15.3. The molecule has 3 fully saturated rings. The fourth-order valence-electron chi connectivity index (χ4n) is 5.43. The van der Waals surface area contributed by atoms with Gasteiger partial charge in [0.05, 0.1) is 37.9 Å². The number of nitrogens with two attached hydrogens (primary N) is 3. The molecule has 240 valence electrons. The first-order valence-corrected chi connectivity index (χ1v) is 13.3. The molecule has 0 aromatic carbocycles. The molecule has 0 saturated carbocycles. The summed E-state index contributed by atoms with van der Waals surface area (Å²) < 4.78 is 28.0. The molecule has 3 saturated heterocycles. The van der Waals surface area contributed by atoms with Gasteiger partial charge in [0.1, 0.15) is 48.3 Å². The molecule has 0 radical (unpaired) electrons. The van der Waals surface area contributed by atoms with Crippen molar-refractivity contribution in [2.24, 2.45) is 17.2 Å². The lowest BCUT2D eigenvalue weighted by Gasteiger charge is -2.54. The molecule has 15 atom stereocenters. The topological polar surface area (TPSA) is 323 Å². The molecule has 3 aliphatic heterocycles. The van der Waals surface area contributed by atoms with E-state index in [0.717, 1.165) is 0 Å². The lowest BCUT2D eigenvalue weighted by atomic mass is 9.71. The first-order valence-electron chi connectivity index (χ1n) is 13.3. The first-order chi connectivity index (χ1) is 19.2. The molecule has 3 heterocycles. The van der Waals surface area contributed by atoms with Crippen LogP contribution >= 0.6 is 0 Å². The van der Waals surface area contributed by atoms with Crippen LogP contribution in [0.5, 0.6) is 0 Å². The molecule has 0 aliphatic carbocycles. The smallest absolute Gasteiger partial charge is 0.341 e. The molecule has 18 heteroatoms. The molecule has 3 aliphatic rings. The van der Waals surface area contributed by atoms with E-state index in [2.05, 4.69) is 0 Å². The van der Waals surface area contributed by atoms with E-state index in [1.54, 1.807) is 6.92 Å². The summed E-state index contributed by atoms with van der Waals surface area (Å²) in [4.78, 5) is 12.1. The van der Waals surface area contributed by atoms with E-state index in [1.807, 2.05) is 0 Å². The van der Waals surface area contributed by atoms with E-state index in [9.17, 15) is 50.8 Å². The van der Waals surface area contributed by atoms with Crippen molar-refractivity contribution in [3.05, 3.63) is 0 Å². The number of carbonyl (C=O) groups is 1. The maximum atomic E-state index is 12.1. The van der Waals surface area contributed by atoms with Crippen LogP contribution in [0.4, 0.5) is 0 Å². The molecule has 18 nitrogen and oxygen atoms in total. The number of ether oxygens (including phenoxy) is 5. The van der Waals surface area contributed by atoms with Gasteiger partial charge in [0.25, 0.3) is 0 Å². The number of hydrogen-bond acceptors (Lipinski definition) is 17. The van der Waals surface area contributed by atoms with Crippen molar-refractivity contribution in [3.63, 3.8) is 0 Å². The van der Waals surface area contributed by atoms with E-state index < -0.39 is 117 Å². The Kier molecular flexibility index (Phi) is 11.4. The Labute approximate surface area is 235 Å². The standard InChI is InChI=1S/C23H43N3O15/c1-2-3-4-22(7-29)23(36,21(34)35)17(32)12(26)20(41-22)40-16-9(6-28)38-19(11(25)14(16)31)39-15-8(5-27)37-18(33)10(24)13(15)30/h8-20,27-33,36H,2-7,24-26H2,1H3,(H,34,35)/t8-,9-,10-,11-,12-,13-,14-,15?,16?,17-,18-,19+,20+,22-,23-/m1/s1. The van der Waals surface area contributed by atoms with Crippen LogP contribution in [0, 0.1) is 0 Å². The quantitative estimate of drug-likeness (QED) is 0.105. The van der Waals surface area contributed by atoms with Crippen molar-refractivity contribution in [2.45, 2.75) is 117 Å². The van der Waals surface area contributed by atoms with Crippen molar-refractivity contribution in [2.75, 3.05) is 19.8 Å². The number of carboxylic acids is 1. The molecule has 3 rings (SSSR count). The molecule has 0 amide bonds. The van der Waals surface area contributed by atoms with Crippen LogP contribution in [0.15, 0.2) is 0 Å². The van der Waals surface area contributed by atoms with Crippen LogP contribution < -0.4 is 17.2 Å². The third-order valence-corrected chi connectivity index (χ3v) is 8.06. The highest BCUT2D eigenvalue weighted by molar-refractivity contribution is 5.80. The van der Waals surface area contributed by atoms with Crippen LogP contribution in [0.2, 0.25) is 0 Å². The molecule has 0 aromatic heterocycles. The zero-order valence-corrected chi connectivity index (χ0v) is 22.5. The minimum atomic E-state index is -3.02. The molecular weight excluding hydrogens is 558 g/mol. The van der Waals surface area contributed by atoms with Gasteiger partial charge in [0.15, 0.2) is 18.9 Å². The van der Waals surface area contributed by atoms with Gasteiger partial charge in [-0.15, -0.1) is 0 Å². The Hall–Kier alpha value is -1.17. The van der Waals surface area contributed by atoms with Gasteiger partial charge >= 0.3 is 5.97 Å². The summed E-state index contributed by atoms with van der Waals surface area (Å²) in [6, 6.07) is -4.49. The summed E-state index contributed by atoms with van der Waals surface area (Å²) >= 11 is 0. The lowest BCUT2D eigenvalue weighted by Crippen LogP contribution is -2.79. The van der Waals surface area contributed by atoms with Gasteiger partial charge in [-0.3, -0.25) is 0 Å². The second-order valence-corrected chi connectivity index (χ2v) is 10.6. The predicted octanol–water partition coefficient (Wildman–Crippen LogP) is -6.66. The van der Waals surface area contributed by atoms with E-state index in [1.165, 1.54) is 0 Å². The highest BCUT2D eigenvalue weighted by Crippen LogP contribution is 2.42. The van der Waals surface area contributed by atoms with Crippen molar-refractivity contribution in [3.8, 4) is 0 Å². The number of rotatable bonds is 11. The third-order valence-electron chi connectivity index (χ3n) is 8.06. The Bertz CT molecular complexity index is 872. The van der Waals surface area contributed by atoms with Crippen LogP contribution in [-0.4, -0.2) is 163 Å². The Morgan fingerprint density at radius 3 is 1.90 bits per heavy atom. The summed E-state index contributed by atoms with van der Waals surface area (Å²) in [5.74, 6) is -1.89. The summed E-state index contributed by atoms with van der Waals surface area (Å²) in [5.41, 5.74) is 12.6. The van der Waals surface area contributed by atoms with Crippen LogP contribution in [0.1, 0.15) is 26.2 Å². The number of unbranched alkanes of at least 4 members (excludes halogenated alkanes) is 1. The number of carboxylic acid groups (broad SMARTS) is 1. The monoisotopic (exact) mass is 601 g/mol. The second-order valence-electron chi connectivity index (χ2n) is 10.6. The van der Waals surface area contributed by atoms with Gasteiger partial charge < -0.3 is 86.8 Å². The molecular formula is C23H43N3O15. The van der Waals surface area contributed by atoms with Crippen molar-refractivity contribution in [1.29, 1.82) is 0 Å². The van der Waals surface area contributed by atoms with E-state index >= 15 is 0 Å². The van der Waals surface area contributed by atoms with Crippen LogP contribution in [-0.2, 0) is 28.5 Å².